The summed E-state index contributed by atoms with van der Waals surface area (Å²) >= 11 is 11.3. The van der Waals surface area contributed by atoms with Gasteiger partial charge in [-0.25, -0.2) is 4.79 Å². The molecule has 1 aromatic rings. The standard InChI is InChI=1S/C8H6Cl2O3/c9-5-2-1-4(3-11)7(10)6(5)8(12)13/h1-2,11H,3H2,(H,12,13). The van der Waals surface area contributed by atoms with Crippen molar-refractivity contribution in [2.45, 2.75) is 6.61 Å². The average Bonchev–Trinajstić information content (AvgIpc) is 2.04. The molecular formula is C8H6Cl2O3. The van der Waals surface area contributed by atoms with E-state index in [1.165, 1.54) is 12.1 Å². The zero-order valence-corrected chi connectivity index (χ0v) is 7.93. The predicted octanol–water partition coefficient (Wildman–Crippen LogP) is 2.18. The Bertz CT molecular complexity index is 349. The highest BCUT2D eigenvalue weighted by Crippen LogP contribution is 2.28. The molecule has 0 aliphatic carbocycles. The highest BCUT2D eigenvalue weighted by Gasteiger charge is 2.15. The zero-order valence-electron chi connectivity index (χ0n) is 6.42. The van der Waals surface area contributed by atoms with E-state index in [-0.39, 0.29) is 22.2 Å². The van der Waals surface area contributed by atoms with Crippen LogP contribution in [0.4, 0.5) is 0 Å². The summed E-state index contributed by atoms with van der Waals surface area (Å²) in [5, 5.41) is 17.6. The van der Waals surface area contributed by atoms with E-state index < -0.39 is 5.97 Å². The Kier molecular flexibility index (Phi) is 3.14. The maximum absolute atomic E-state index is 10.7. The van der Waals surface area contributed by atoms with E-state index in [1.54, 1.807) is 0 Å². The predicted molar refractivity (Wildman–Crippen MR) is 49.3 cm³/mol. The van der Waals surface area contributed by atoms with Crippen molar-refractivity contribution in [2.24, 2.45) is 0 Å². The topological polar surface area (TPSA) is 57.5 Å². The van der Waals surface area contributed by atoms with Gasteiger partial charge in [0.05, 0.1) is 22.2 Å². The van der Waals surface area contributed by atoms with Crippen LogP contribution in [0.15, 0.2) is 12.1 Å². The lowest BCUT2D eigenvalue weighted by atomic mass is 10.1. The van der Waals surface area contributed by atoms with Gasteiger partial charge in [-0.15, -0.1) is 0 Å². The molecule has 0 unspecified atom stereocenters. The van der Waals surface area contributed by atoms with Crippen LogP contribution in [0.1, 0.15) is 15.9 Å². The molecule has 0 bridgehead atoms. The number of aliphatic hydroxyl groups is 1. The number of halogens is 2. The Morgan fingerprint density at radius 3 is 2.46 bits per heavy atom. The highest BCUT2D eigenvalue weighted by molar-refractivity contribution is 6.39. The molecule has 0 spiro atoms. The monoisotopic (exact) mass is 220 g/mol. The van der Waals surface area contributed by atoms with Gasteiger partial charge in [0, 0.05) is 0 Å². The third-order valence-electron chi connectivity index (χ3n) is 1.56. The van der Waals surface area contributed by atoms with Crippen LogP contribution in [0.2, 0.25) is 10.0 Å². The fourth-order valence-electron chi connectivity index (χ4n) is 0.914. The Hall–Kier alpha value is -0.770. The average molecular weight is 221 g/mol. The maximum atomic E-state index is 10.7. The number of hydrogen-bond acceptors (Lipinski definition) is 2. The molecule has 13 heavy (non-hydrogen) atoms. The number of hydrogen-bond donors (Lipinski definition) is 2. The maximum Gasteiger partial charge on any atom is 0.338 e. The van der Waals surface area contributed by atoms with Crippen molar-refractivity contribution in [3.8, 4) is 0 Å². The fraction of sp³-hybridized carbons (Fsp3) is 0.125. The fourth-order valence-corrected chi connectivity index (χ4v) is 1.51. The second kappa shape index (κ2) is 3.96. The van der Waals surface area contributed by atoms with Gasteiger partial charge in [0.25, 0.3) is 0 Å². The summed E-state index contributed by atoms with van der Waals surface area (Å²) in [6.07, 6.45) is 0. The van der Waals surface area contributed by atoms with E-state index in [2.05, 4.69) is 0 Å². The van der Waals surface area contributed by atoms with Crippen molar-refractivity contribution in [1.82, 2.24) is 0 Å². The largest absolute Gasteiger partial charge is 0.478 e. The van der Waals surface area contributed by atoms with Crippen molar-refractivity contribution in [1.29, 1.82) is 0 Å². The molecule has 0 saturated carbocycles. The molecule has 1 rings (SSSR count). The van der Waals surface area contributed by atoms with Gasteiger partial charge < -0.3 is 10.2 Å². The van der Waals surface area contributed by atoms with Gasteiger partial charge in [-0.3, -0.25) is 0 Å². The lowest BCUT2D eigenvalue weighted by Crippen LogP contribution is -2.01. The summed E-state index contributed by atoms with van der Waals surface area (Å²) in [6, 6.07) is 2.87. The lowest BCUT2D eigenvalue weighted by Gasteiger charge is -2.05. The van der Waals surface area contributed by atoms with Crippen LogP contribution in [-0.4, -0.2) is 16.2 Å². The van der Waals surface area contributed by atoms with Crippen LogP contribution in [-0.2, 0) is 6.61 Å². The molecular weight excluding hydrogens is 215 g/mol. The molecule has 0 saturated heterocycles. The number of carbonyl (C=O) groups is 1. The molecule has 70 valence electrons. The van der Waals surface area contributed by atoms with Crippen LogP contribution in [0.3, 0.4) is 0 Å². The molecule has 5 heteroatoms. The molecule has 3 nitrogen and oxygen atoms in total. The van der Waals surface area contributed by atoms with E-state index >= 15 is 0 Å². The zero-order chi connectivity index (χ0) is 10.0. The van der Waals surface area contributed by atoms with Crippen molar-refractivity contribution < 1.29 is 15.0 Å². The molecule has 0 fully saturated rings. The third kappa shape index (κ3) is 1.94. The van der Waals surface area contributed by atoms with E-state index in [1.807, 2.05) is 0 Å². The second-order valence-electron chi connectivity index (χ2n) is 2.36. The minimum absolute atomic E-state index is 0.0116. The van der Waals surface area contributed by atoms with Gasteiger partial charge in [0.15, 0.2) is 0 Å². The second-order valence-corrected chi connectivity index (χ2v) is 3.14. The van der Waals surface area contributed by atoms with E-state index in [0.29, 0.717) is 5.56 Å². The first-order valence-corrected chi connectivity index (χ1v) is 4.14. The highest BCUT2D eigenvalue weighted by atomic mass is 35.5. The quantitative estimate of drug-likeness (QED) is 0.804. The summed E-state index contributed by atoms with van der Waals surface area (Å²) in [5.74, 6) is -1.20. The van der Waals surface area contributed by atoms with Crippen LogP contribution >= 0.6 is 23.2 Å². The first-order chi connectivity index (χ1) is 6.07. The minimum atomic E-state index is -1.20. The summed E-state index contributed by atoms with van der Waals surface area (Å²) < 4.78 is 0. The lowest BCUT2D eigenvalue weighted by molar-refractivity contribution is 0.0697. The van der Waals surface area contributed by atoms with Gasteiger partial charge in [0.1, 0.15) is 0 Å². The van der Waals surface area contributed by atoms with Crippen molar-refractivity contribution >= 4 is 29.2 Å². The van der Waals surface area contributed by atoms with Gasteiger partial charge >= 0.3 is 5.97 Å². The molecule has 0 aliphatic rings. The molecule has 0 atom stereocenters. The Morgan fingerprint density at radius 2 is 2.00 bits per heavy atom. The van der Waals surface area contributed by atoms with E-state index in [4.69, 9.17) is 33.4 Å². The van der Waals surface area contributed by atoms with Gasteiger partial charge in [-0.2, -0.15) is 0 Å². The smallest absolute Gasteiger partial charge is 0.338 e. The number of carboxylic acids is 1. The summed E-state index contributed by atoms with van der Waals surface area (Å²) in [7, 11) is 0. The summed E-state index contributed by atoms with van der Waals surface area (Å²) in [5.41, 5.74) is 0.179. The molecule has 0 aromatic heterocycles. The number of benzene rings is 1. The first-order valence-electron chi connectivity index (χ1n) is 3.39. The normalized spacial score (nSPS) is 10.1. The minimum Gasteiger partial charge on any atom is -0.478 e. The number of carboxylic acid groups (broad SMARTS) is 1. The number of aliphatic hydroxyl groups excluding tert-OH is 1. The Labute approximate surface area is 84.5 Å². The first kappa shape index (κ1) is 10.3. The van der Waals surface area contributed by atoms with Crippen LogP contribution in [0, 0.1) is 0 Å². The molecule has 0 aliphatic heterocycles. The van der Waals surface area contributed by atoms with Gasteiger partial charge in [-0.05, 0) is 11.6 Å². The molecule has 0 radical (unpaired) electrons. The molecule has 2 N–H and O–H groups in total. The SMILES string of the molecule is O=C(O)c1c(Cl)ccc(CO)c1Cl. The van der Waals surface area contributed by atoms with Crippen molar-refractivity contribution in [3.05, 3.63) is 33.3 Å². The molecule has 0 heterocycles. The Balaban J connectivity index is 3.38. The molecule has 0 amide bonds. The number of rotatable bonds is 2. The third-order valence-corrected chi connectivity index (χ3v) is 2.30. The van der Waals surface area contributed by atoms with E-state index in [0.717, 1.165) is 0 Å². The Morgan fingerprint density at radius 1 is 1.38 bits per heavy atom. The van der Waals surface area contributed by atoms with Crippen LogP contribution in [0.5, 0.6) is 0 Å². The summed E-state index contributed by atoms with van der Waals surface area (Å²) in [6.45, 7) is -0.309. The van der Waals surface area contributed by atoms with Crippen molar-refractivity contribution in [2.75, 3.05) is 0 Å². The van der Waals surface area contributed by atoms with Gasteiger partial charge in [-0.1, -0.05) is 29.3 Å². The van der Waals surface area contributed by atoms with E-state index in [9.17, 15) is 4.79 Å². The molecule has 1 aromatic carbocycles. The van der Waals surface area contributed by atoms with Crippen molar-refractivity contribution in [3.63, 3.8) is 0 Å². The van der Waals surface area contributed by atoms with Gasteiger partial charge in [0.2, 0.25) is 0 Å². The van der Waals surface area contributed by atoms with Crippen LogP contribution < -0.4 is 0 Å². The number of aromatic carboxylic acids is 1. The van der Waals surface area contributed by atoms with Crippen LogP contribution in [0.25, 0.3) is 0 Å². The summed E-state index contributed by atoms with van der Waals surface area (Å²) in [4.78, 5) is 10.7.